The van der Waals surface area contributed by atoms with E-state index < -0.39 is 16.1 Å². The van der Waals surface area contributed by atoms with Gasteiger partial charge in [-0.15, -0.1) is 0 Å². The number of nitrogens with zero attached hydrogens (tertiary/aromatic N) is 1. The number of carbonyl (C=O) groups excluding carboxylic acids is 1. The minimum Gasteiger partial charge on any atom is -0.489 e. The van der Waals surface area contributed by atoms with E-state index in [2.05, 4.69) is 5.32 Å². The third kappa shape index (κ3) is 5.99. The number of ether oxygens (including phenoxy) is 3. The van der Waals surface area contributed by atoms with E-state index >= 15 is 0 Å². The molecule has 0 aliphatic carbocycles. The van der Waals surface area contributed by atoms with Gasteiger partial charge in [-0.05, 0) is 50.6 Å². The Kier molecular flexibility index (Phi) is 8.11. The smallest absolute Gasteiger partial charge is 0.265 e. The Labute approximate surface area is 189 Å². The number of hydrogen-bond acceptors (Lipinski definition) is 6. The Morgan fingerprint density at radius 1 is 1.09 bits per heavy atom. The van der Waals surface area contributed by atoms with Gasteiger partial charge in [0, 0.05) is 13.1 Å². The molecule has 1 N–H and O–H groups in total. The maximum Gasteiger partial charge on any atom is 0.265 e. The summed E-state index contributed by atoms with van der Waals surface area (Å²) in [4.78, 5) is 13.1. The number of hydrogen-bond donors (Lipinski definition) is 1. The second-order valence-electron chi connectivity index (χ2n) is 7.66. The quantitative estimate of drug-likeness (QED) is 0.615. The molecule has 0 saturated carbocycles. The highest BCUT2D eigenvalue weighted by molar-refractivity contribution is 7.89. The molecule has 32 heavy (non-hydrogen) atoms. The number of sulfonamides is 1. The highest BCUT2D eigenvalue weighted by Gasteiger charge is 2.28. The maximum absolute atomic E-state index is 13.1. The fourth-order valence-corrected chi connectivity index (χ4v) is 4.69. The van der Waals surface area contributed by atoms with Crippen LogP contribution in [0.5, 0.6) is 11.5 Å². The summed E-state index contributed by atoms with van der Waals surface area (Å²) >= 11 is 0. The second kappa shape index (κ2) is 10.8. The van der Waals surface area contributed by atoms with Gasteiger partial charge in [-0.3, -0.25) is 4.79 Å². The van der Waals surface area contributed by atoms with E-state index in [0.717, 1.165) is 0 Å². The van der Waals surface area contributed by atoms with E-state index in [4.69, 9.17) is 14.2 Å². The third-order valence-electron chi connectivity index (χ3n) is 4.86. The SMILES string of the molecule is CCC(Oc1ccccc1)C(=O)Nc1cc(S(=O)(=O)N2CCOCC2)ccc1OC(C)C. The first kappa shape index (κ1) is 24.0. The molecule has 1 fully saturated rings. The normalized spacial score (nSPS) is 15.9. The zero-order valence-electron chi connectivity index (χ0n) is 18.6. The van der Waals surface area contributed by atoms with Crippen LogP contribution < -0.4 is 14.8 Å². The maximum atomic E-state index is 13.1. The van der Waals surface area contributed by atoms with Crippen LogP contribution in [0, 0.1) is 0 Å². The molecule has 2 aromatic rings. The van der Waals surface area contributed by atoms with E-state index in [-0.39, 0.29) is 35.7 Å². The molecule has 9 heteroatoms. The number of benzene rings is 2. The number of amides is 1. The van der Waals surface area contributed by atoms with E-state index in [9.17, 15) is 13.2 Å². The van der Waals surface area contributed by atoms with E-state index in [1.165, 1.54) is 16.4 Å². The van der Waals surface area contributed by atoms with E-state index in [1.807, 2.05) is 39.0 Å². The Bertz CT molecular complexity index is 1000. The largest absolute Gasteiger partial charge is 0.489 e. The van der Waals surface area contributed by atoms with Gasteiger partial charge in [-0.1, -0.05) is 25.1 Å². The Balaban J connectivity index is 1.86. The predicted molar refractivity (Wildman–Crippen MR) is 122 cm³/mol. The molecule has 1 atom stereocenters. The van der Waals surface area contributed by atoms with Crippen molar-refractivity contribution in [2.75, 3.05) is 31.6 Å². The molecule has 174 valence electrons. The van der Waals surface area contributed by atoms with Crippen LogP contribution in [0.3, 0.4) is 0 Å². The molecule has 1 unspecified atom stereocenters. The van der Waals surface area contributed by atoms with Crippen molar-refractivity contribution in [3.63, 3.8) is 0 Å². The van der Waals surface area contributed by atoms with Gasteiger partial charge in [-0.25, -0.2) is 8.42 Å². The molecule has 8 nitrogen and oxygen atoms in total. The Morgan fingerprint density at radius 3 is 2.41 bits per heavy atom. The van der Waals surface area contributed by atoms with Crippen LogP contribution in [0.1, 0.15) is 27.2 Å². The van der Waals surface area contributed by atoms with Crippen molar-refractivity contribution in [1.82, 2.24) is 4.31 Å². The summed E-state index contributed by atoms with van der Waals surface area (Å²) in [6, 6.07) is 13.6. The predicted octanol–water partition coefficient (Wildman–Crippen LogP) is 3.29. The molecule has 0 spiro atoms. The van der Waals surface area contributed by atoms with Crippen LogP contribution in [0.25, 0.3) is 0 Å². The van der Waals surface area contributed by atoms with Gasteiger partial charge in [0.25, 0.3) is 5.91 Å². The van der Waals surface area contributed by atoms with Gasteiger partial charge in [-0.2, -0.15) is 4.31 Å². The topological polar surface area (TPSA) is 94.2 Å². The van der Waals surface area contributed by atoms with Crippen molar-refractivity contribution in [1.29, 1.82) is 0 Å². The average molecular weight is 463 g/mol. The van der Waals surface area contributed by atoms with Gasteiger partial charge in [0.1, 0.15) is 11.5 Å². The first-order valence-corrected chi connectivity index (χ1v) is 12.2. The van der Waals surface area contributed by atoms with E-state index in [0.29, 0.717) is 31.1 Å². The zero-order valence-corrected chi connectivity index (χ0v) is 19.4. The van der Waals surface area contributed by atoms with E-state index in [1.54, 1.807) is 18.2 Å². The summed E-state index contributed by atoms with van der Waals surface area (Å²) in [5.41, 5.74) is 0.285. The minimum atomic E-state index is -3.72. The van der Waals surface area contributed by atoms with Crippen LogP contribution >= 0.6 is 0 Å². The van der Waals surface area contributed by atoms with Gasteiger partial charge in [0.15, 0.2) is 6.10 Å². The summed E-state index contributed by atoms with van der Waals surface area (Å²) in [5.74, 6) is 0.589. The lowest BCUT2D eigenvalue weighted by Gasteiger charge is -2.26. The van der Waals surface area contributed by atoms with Crippen LogP contribution in [-0.2, 0) is 19.6 Å². The lowest BCUT2D eigenvalue weighted by atomic mass is 10.2. The van der Waals surface area contributed by atoms with Crippen molar-refractivity contribution < 1.29 is 27.4 Å². The highest BCUT2D eigenvalue weighted by Crippen LogP contribution is 2.31. The van der Waals surface area contributed by atoms with Crippen molar-refractivity contribution in [3.8, 4) is 11.5 Å². The molecule has 1 heterocycles. The summed E-state index contributed by atoms with van der Waals surface area (Å²) in [5, 5.41) is 2.81. The number of anilines is 1. The van der Waals surface area contributed by atoms with Gasteiger partial charge < -0.3 is 19.5 Å². The fraction of sp³-hybridized carbons (Fsp3) is 0.435. The molecular formula is C23H30N2O6S. The molecule has 2 aromatic carbocycles. The van der Waals surface area contributed by atoms with Crippen LogP contribution in [-0.4, -0.2) is 57.1 Å². The Hall–Kier alpha value is -2.62. The Morgan fingerprint density at radius 2 is 1.78 bits per heavy atom. The molecule has 3 rings (SSSR count). The number of nitrogens with one attached hydrogen (secondary N) is 1. The molecular weight excluding hydrogens is 432 g/mol. The van der Waals surface area contributed by atoms with Crippen molar-refractivity contribution in [2.24, 2.45) is 0 Å². The first-order valence-electron chi connectivity index (χ1n) is 10.7. The van der Waals surface area contributed by atoms with Crippen molar-refractivity contribution in [2.45, 2.75) is 44.3 Å². The van der Waals surface area contributed by atoms with Crippen LogP contribution in [0.4, 0.5) is 5.69 Å². The van der Waals surface area contributed by atoms with Gasteiger partial charge >= 0.3 is 0 Å². The molecule has 1 saturated heterocycles. The molecule has 1 amide bonds. The molecule has 1 aliphatic rings. The number of carbonyl (C=O) groups is 1. The average Bonchev–Trinajstić information content (AvgIpc) is 2.79. The van der Waals surface area contributed by atoms with Crippen molar-refractivity contribution >= 4 is 21.6 Å². The fourth-order valence-electron chi connectivity index (χ4n) is 3.26. The van der Waals surface area contributed by atoms with Crippen molar-refractivity contribution in [3.05, 3.63) is 48.5 Å². The molecule has 0 aromatic heterocycles. The summed E-state index contributed by atoms with van der Waals surface area (Å²) in [6.45, 7) is 6.85. The van der Waals surface area contributed by atoms with Gasteiger partial charge in [0.05, 0.1) is 29.9 Å². The molecule has 0 radical (unpaired) electrons. The first-order chi connectivity index (χ1) is 15.3. The number of rotatable bonds is 9. The standard InChI is InChI=1S/C23H30N2O6S/c1-4-21(31-18-8-6-5-7-9-18)23(26)24-20-16-19(10-11-22(20)30-17(2)3)32(27,28)25-12-14-29-15-13-25/h5-11,16-17,21H,4,12-15H2,1-3H3,(H,24,26). The number of para-hydroxylation sites is 1. The lowest BCUT2D eigenvalue weighted by molar-refractivity contribution is -0.122. The zero-order chi connectivity index (χ0) is 23.1. The summed E-state index contributed by atoms with van der Waals surface area (Å²) in [6.07, 6.45) is -0.467. The summed E-state index contributed by atoms with van der Waals surface area (Å²) in [7, 11) is -3.72. The lowest BCUT2D eigenvalue weighted by Crippen LogP contribution is -2.40. The number of morpholine rings is 1. The van der Waals surface area contributed by atoms with Crippen LogP contribution in [0.2, 0.25) is 0 Å². The third-order valence-corrected chi connectivity index (χ3v) is 6.76. The molecule has 1 aliphatic heterocycles. The minimum absolute atomic E-state index is 0.0860. The molecule has 0 bridgehead atoms. The van der Waals surface area contributed by atoms with Gasteiger partial charge in [0.2, 0.25) is 10.0 Å². The highest BCUT2D eigenvalue weighted by atomic mass is 32.2. The monoisotopic (exact) mass is 462 g/mol. The second-order valence-corrected chi connectivity index (χ2v) is 9.60. The van der Waals surface area contributed by atoms with Crippen LogP contribution in [0.15, 0.2) is 53.4 Å². The summed E-state index contributed by atoms with van der Waals surface area (Å²) < 4.78 is 44.4.